The van der Waals surface area contributed by atoms with E-state index in [1.54, 1.807) is 17.0 Å². The van der Waals surface area contributed by atoms with Crippen LogP contribution >= 0.6 is 23.2 Å². The van der Waals surface area contributed by atoms with Crippen molar-refractivity contribution in [3.05, 3.63) is 68.7 Å². The van der Waals surface area contributed by atoms with Gasteiger partial charge in [0.05, 0.1) is 6.42 Å². The topological polar surface area (TPSA) is 53.9 Å². The van der Waals surface area contributed by atoms with Crippen LogP contribution in [0.25, 0.3) is 0 Å². The number of oxime groups is 1. The number of nitrogens with one attached hydrogen (secondary N) is 1. The summed E-state index contributed by atoms with van der Waals surface area (Å²) in [5.74, 6) is 0.313. The smallest absolute Gasteiger partial charge is 0.372 e. The Kier molecular flexibility index (Phi) is 6.26. The number of amidine groups is 1. The molecule has 33 heavy (non-hydrogen) atoms. The van der Waals surface area contributed by atoms with E-state index in [0.29, 0.717) is 31.1 Å². The first-order chi connectivity index (χ1) is 15.5. The number of amides is 1. The number of rotatable bonds is 4. The molecule has 0 spiro atoms. The molecular formula is C23H22Cl2F3N3O2. The minimum atomic E-state index is -4.75. The quantitative estimate of drug-likeness (QED) is 0.570. The van der Waals surface area contributed by atoms with Crippen LogP contribution in [0, 0.1) is 5.92 Å². The average Bonchev–Trinajstić information content (AvgIpc) is 3.35. The molecule has 5 nitrogen and oxygen atoms in total. The summed E-state index contributed by atoms with van der Waals surface area (Å²) in [4.78, 5) is 19.2. The summed E-state index contributed by atoms with van der Waals surface area (Å²) in [6.45, 7) is 5.26. The maximum absolute atomic E-state index is 14.2. The summed E-state index contributed by atoms with van der Waals surface area (Å²) in [5.41, 5.74) is -0.571. The summed E-state index contributed by atoms with van der Waals surface area (Å²) >= 11 is 11.9. The van der Waals surface area contributed by atoms with Crippen LogP contribution in [0.2, 0.25) is 10.0 Å². The summed E-state index contributed by atoms with van der Waals surface area (Å²) < 4.78 is 42.6. The van der Waals surface area contributed by atoms with E-state index >= 15 is 0 Å². The lowest BCUT2D eigenvalue weighted by Crippen LogP contribution is -2.43. The number of carbonyl (C=O) groups excluding carboxylic acids is 1. The largest absolute Gasteiger partial charge is 0.435 e. The Morgan fingerprint density at radius 3 is 2.45 bits per heavy atom. The van der Waals surface area contributed by atoms with Gasteiger partial charge in [0.15, 0.2) is 0 Å². The van der Waals surface area contributed by atoms with Crippen LogP contribution < -0.4 is 5.32 Å². The van der Waals surface area contributed by atoms with Crippen LogP contribution in [0.1, 0.15) is 47.3 Å². The van der Waals surface area contributed by atoms with Gasteiger partial charge in [-0.2, -0.15) is 13.2 Å². The molecule has 0 radical (unpaired) electrons. The van der Waals surface area contributed by atoms with Crippen LogP contribution in [0.15, 0.2) is 41.6 Å². The van der Waals surface area contributed by atoms with Gasteiger partial charge in [0.2, 0.25) is 0 Å². The maximum Gasteiger partial charge on any atom is 0.435 e. The first-order valence-electron chi connectivity index (χ1n) is 10.4. The molecule has 1 N–H and O–H groups in total. The van der Waals surface area contributed by atoms with Crippen LogP contribution in [0.3, 0.4) is 0 Å². The Morgan fingerprint density at radius 2 is 1.82 bits per heavy atom. The monoisotopic (exact) mass is 499 g/mol. The lowest BCUT2D eigenvalue weighted by Gasteiger charge is -2.30. The van der Waals surface area contributed by atoms with Gasteiger partial charge in [-0.05, 0) is 47.4 Å². The highest BCUT2D eigenvalue weighted by atomic mass is 35.5. The second-order valence-corrected chi connectivity index (χ2v) is 9.57. The Labute approximate surface area is 199 Å². The van der Waals surface area contributed by atoms with Crippen molar-refractivity contribution in [2.45, 2.75) is 45.1 Å². The van der Waals surface area contributed by atoms with Crippen molar-refractivity contribution in [3.63, 3.8) is 0 Å². The molecule has 0 aliphatic carbocycles. The van der Waals surface area contributed by atoms with Crippen molar-refractivity contribution in [1.82, 2.24) is 10.2 Å². The summed E-state index contributed by atoms with van der Waals surface area (Å²) in [5, 5.41) is 6.85. The molecule has 2 aromatic rings. The predicted molar refractivity (Wildman–Crippen MR) is 120 cm³/mol. The fraction of sp³-hybridized carbons (Fsp3) is 0.391. The van der Waals surface area contributed by atoms with Gasteiger partial charge < -0.3 is 15.1 Å². The highest BCUT2D eigenvalue weighted by Gasteiger charge is 2.63. The molecule has 0 bridgehead atoms. The molecule has 10 heteroatoms. The van der Waals surface area contributed by atoms with E-state index in [4.69, 9.17) is 28.0 Å². The van der Waals surface area contributed by atoms with Gasteiger partial charge in [-0.25, -0.2) is 0 Å². The number of hydrogen-bond acceptors (Lipinski definition) is 4. The predicted octanol–water partition coefficient (Wildman–Crippen LogP) is 5.89. The molecule has 4 rings (SSSR count). The molecule has 0 aromatic heterocycles. The Bertz CT molecular complexity index is 1100. The lowest BCUT2D eigenvalue weighted by atomic mass is 9.89. The second-order valence-electron chi connectivity index (χ2n) is 8.70. The Balaban J connectivity index is 1.54. The number of halogens is 5. The van der Waals surface area contributed by atoms with E-state index in [2.05, 4.69) is 10.5 Å². The zero-order chi connectivity index (χ0) is 24.0. The van der Waals surface area contributed by atoms with Crippen LogP contribution in [0.5, 0.6) is 0 Å². The highest BCUT2D eigenvalue weighted by Crippen LogP contribution is 2.49. The first-order valence-corrected chi connectivity index (χ1v) is 11.2. The molecule has 0 saturated carbocycles. The fourth-order valence-corrected chi connectivity index (χ4v) is 4.49. The third-order valence-corrected chi connectivity index (χ3v) is 6.16. The van der Waals surface area contributed by atoms with Crippen molar-refractivity contribution in [1.29, 1.82) is 0 Å². The SMILES string of the molecule is CC(C)CNC(=O)c1ccc2c(c1)CN(C1=NOC(c3cc(Cl)cc(Cl)c3)(C(F)(F)F)C1)C2. The average molecular weight is 500 g/mol. The number of alkyl halides is 3. The van der Waals surface area contributed by atoms with Crippen LogP contribution in [0.4, 0.5) is 13.2 Å². The molecule has 2 aromatic carbocycles. The van der Waals surface area contributed by atoms with Crippen molar-refractivity contribution >= 4 is 34.9 Å². The van der Waals surface area contributed by atoms with Crippen molar-refractivity contribution in [2.24, 2.45) is 11.1 Å². The standard InChI is InChI=1S/C23H22Cl2F3N3O2/c1-13(2)10-29-21(32)14-3-4-15-11-31(12-16(15)5-14)20-9-22(33-30-20,23(26,27)28)17-6-18(24)8-19(25)7-17/h3-8,13H,9-12H2,1-2H3,(H,29,32). The number of carbonyl (C=O) groups is 1. The molecule has 1 unspecified atom stereocenters. The summed E-state index contributed by atoms with van der Waals surface area (Å²) in [6, 6.07) is 9.07. The third-order valence-electron chi connectivity index (χ3n) is 5.73. The number of hydrogen-bond donors (Lipinski definition) is 1. The van der Waals surface area contributed by atoms with E-state index in [0.717, 1.165) is 11.1 Å². The molecule has 1 amide bonds. The van der Waals surface area contributed by atoms with E-state index in [1.807, 2.05) is 19.9 Å². The van der Waals surface area contributed by atoms with Crippen LogP contribution in [-0.2, 0) is 23.5 Å². The van der Waals surface area contributed by atoms with E-state index < -0.39 is 18.2 Å². The lowest BCUT2D eigenvalue weighted by molar-refractivity contribution is -0.275. The maximum atomic E-state index is 14.2. The van der Waals surface area contributed by atoms with E-state index in [1.165, 1.54) is 18.2 Å². The molecule has 1 atom stereocenters. The molecule has 176 valence electrons. The van der Waals surface area contributed by atoms with Gasteiger partial charge in [0.1, 0.15) is 5.84 Å². The Morgan fingerprint density at radius 1 is 1.15 bits per heavy atom. The van der Waals surface area contributed by atoms with Crippen molar-refractivity contribution < 1.29 is 22.8 Å². The number of fused-ring (bicyclic) bond motifs is 1. The minimum Gasteiger partial charge on any atom is -0.372 e. The molecule has 0 fully saturated rings. The Hall–Kier alpha value is -2.45. The van der Waals surface area contributed by atoms with Gasteiger partial charge in [0, 0.05) is 40.8 Å². The molecule has 2 heterocycles. The van der Waals surface area contributed by atoms with Crippen LogP contribution in [-0.4, -0.2) is 29.4 Å². The number of benzene rings is 2. The van der Waals surface area contributed by atoms with Gasteiger partial charge in [-0.1, -0.05) is 48.3 Å². The fourth-order valence-electron chi connectivity index (χ4n) is 3.96. The molecule has 0 saturated heterocycles. The van der Waals surface area contributed by atoms with E-state index in [-0.39, 0.29) is 27.4 Å². The summed E-state index contributed by atoms with van der Waals surface area (Å²) in [7, 11) is 0. The molecule has 2 aliphatic heterocycles. The van der Waals surface area contributed by atoms with Crippen molar-refractivity contribution in [3.8, 4) is 0 Å². The molecular weight excluding hydrogens is 478 g/mol. The van der Waals surface area contributed by atoms with Crippen molar-refractivity contribution in [2.75, 3.05) is 6.54 Å². The van der Waals surface area contributed by atoms with Gasteiger partial charge in [0.25, 0.3) is 11.5 Å². The molecule has 2 aliphatic rings. The zero-order valence-corrected chi connectivity index (χ0v) is 19.5. The van der Waals surface area contributed by atoms with E-state index in [9.17, 15) is 18.0 Å². The highest BCUT2D eigenvalue weighted by molar-refractivity contribution is 6.34. The second kappa shape index (κ2) is 8.72. The van der Waals surface area contributed by atoms with Gasteiger partial charge >= 0.3 is 6.18 Å². The first kappa shape index (κ1) is 23.7. The normalized spacial score (nSPS) is 20.0. The van der Waals surface area contributed by atoms with Gasteiger partial charge in [-0.15, -0.1) is 0 Å². The van der Waals surface area contributed by atoms with Gasteiger partial charge in [-0.3, -0.25) is 4.79 Å². The number of nitrogens with zero attached hydrogens (tertiary/aromatic N) is 2. The third kappa shape index (κ3) is 4.64. The zero-order valence-electron chi connectivity index (χ0n) is 18.0. The minimum absolute atomic E-state index is 0.0787. The summed E-state index contributed by atoms with van der Waals surface area (Å²) in [6.07, 6.45) is -5.26.